The lowest BCUT2D eigenvalue weighted by Crippen LogP contribution is -2.08. The monoisotopic (exact) mass is 246 g/mol. The molecule has 0 N–H and O–H groups in total. The van der Waals surface area contributed by atoms with Gasteiger partial charge in [-0.15, -0.1) is 0 Å². The number of rotatable bonds is 2. The molecule has 0 fully saturated rings. The van der Waals surface area contributed by atoms with Gasteiger partial charge < -0.3 is 4.74 Å². The summed E-state index contributed by atoms with van der Waals surface area (Å²) in [5.41, 5.74) is -1.42. The van der Waals surface area contributed by atoms with E-state index >= 15 is 0 Å². The molecule has 0 amide bonds. The molecule has 16 heavy (non-hydrogen) atoms. The van der Waals surface area contributed by atoms with Crippen molar-refractivity contribution in [3.8, 4) is 6.07 Å². The minimum absolute atomic E-state index is 0.319. The van der Waals surface area contributed by atoms with Crippen molar-refractivity contribution in [3.63, 3.8) is 0 Å². The third kappa shape index (κ3) is 2.25. The van der Waals surface area contributed by atoms with Gasteiger partial charge in [0, 0.05) is 5.56 Å². The molecule has 1 aromatic rings. The molecule has 0 bridgehead atoms. The largest absolute Gasteiger partial charge is 0.464 e. The molecule has 0 saturated carbocycles. The maximum atomic E-state index is 12.5. The Morgan fingerprint density at radius 3 is 2.75 bits per heavy atom. The summed E-state index contributed by atoms with van der Waals surface area (Å²) in [4.78, 5) is 14.7. The minimum atomic E-state index is -2.90. The fourth-order valence-electron chi connectivity index (χ4n) is 0.997. The van der Waals surface area contributed by atoms with Crippen molar-refractivity contribution in [1.29, 1.82) is 5.26 Å². The molecule has 0 spiro atoms. The van der Waals surface area contributed by atoms with Crippen LogP contribution in [0.25, 0.3) is 0 Å². The molecular weight excluding hydrogens is 242 g/mol. The molecule has 0 aliphatic heterocycles. The number of esters is 1. The van der Waals surface area contributed by atoms with Crippen LogP contribution in [-0.2, 0) is 4.74 Å². The van der Waals surface area contributed by atoms with E-state index in [2.05, 4.69) is 9.72 Å². The van der Waals surface area contributed by atoms with Gasteiger partial charge in [0.25, 0.3) is 6.43 Å². The summed E-state index contributed by atoms with van der Waals surface area (Å²) in [6.07, 6.45) is -2.90. The maximum absolute atomic E-state index is 12.5. The summed E-state index contributed by atoms with van der Waals surface area (Å²) in [5.74, 6) is -0.969. The normalized spacial score (nSPS) is 10.0. The van der Waals surface area contributed by atoms with E-state index in [4.69, 9.17) is 16.9 Å². The van der Waals surface area contributed by atoms with Crippen molar-refractivity contribution in [2.75, 3.05) is 7.11 Å². The Kier molecular flexibility index (Phi) is 3.74. The van der Waals surface area contributed by atoms with E-state index in [9.17, 15) is 13.6 Å². The Morgan fingerprint density at radius 2 is 2.31 bits per heavy atom. The molecule has 0 aromatic carbocycles. The fraction of sp³-hybridized carbons (Fsp3) is 0.222. The third-order valence-electron chi connectivity index (χ3n) is 1.71. The number of hydrogen-bond acceptors (Lipinski definition) is 4. The number of carbonyl (C=O) groups excluding carboxylic acids is 1. The van der Waals surface area contributed by atoms with Crippen LogP contribution in [0.5, 0.6) is 0 Å². The molecule has 0 aliphatic carbocycles. The number of carbonyl (C=O) groups is 1. The van der Waals surface area contributed by atoms with Gasteiger partial charge in [0.2, 0.25) is 0 Å². The predicted molar refractivity (Wildman–Crippen MR) is 50.3 cm³/mol. The summed E-state index contributed by atoms with van der Waals surface area (Å²) < 4.78 is 29.3. The standard InChI is InChI=1S/C9H5ClF2N2O2/c1-16-9(15)7-6(10)5(8(11)12)2-4(3-13)14-7/h2,8H,1H3. The van der Waals surface area contributed by atoms with Gasteiger partial charge in [0.1, 0.15) is 11.8 Å². The van der Waals surface area contributed by atoms with Crippen LogP contribution in [0.4, 0.5) is 8.78 Å². The van der Waals surface area contributed by atoms with Gasteiger partial charge in [-0.05, 0) is 6.07 Å². The Bertz CT molecular complexity index is 471. The second-order valence-corrected chi connectivity index (χ2v) is 3.04. The molecule has 0 aliphatic rings. The average molecular weight is 247 g/mol. The van der Waals surface area contributed by atoms with E-state index in [1.54, 1.807) is 6.07 Å². The van der Waals surface area contributed by atoms with Crippen molar-refractivity contribution in [2.45, 2.75) is 6.43 Å². The van der Waals surface area contributed by atoms with Gasteiger partial charge in [0.05, 0.1) is 12.1 Å². The van der Waals surface area contributed by atoms with E-state index in [1.807, 2.05) is 0 Å². The van der Waals surface area contributed by atoms with Gasteiger partial charge in [-0.2, -0.15) is 5.26 Å². The topological polar surface area (TPSA) is 63.0 Å². The lowest BCUT2D eigenvalue weighted by atomic mass is 10.2. The quantitative estimate of drug-likeness (QED) is 0.752. The molecule has 1 aromatic heterocycles. The number of nitrogens with zero attached hydrogens (tertiary/aromatic N) is 2. The molecule has 0 radical (unpaired) electrons. The van der Waals surface area contributed by atoms with E-state index in [-0.39, 0.29) is 5.69 Å². The Labute approximate surface area is 94.4 Å². The first-order valence-electron chi connectivity index (χ1n) is 3.98. The molecule has 84 valence electrons. The average Bonchev–Trinajstić information content (AvgIpc) is 2.28. The number of nitriles is 1. The van der Waals surface area contributed by atoms with Crippen LogP contribution >= 0.6 is 11.6 Å². The van der Waals surface area contributed by atoms with E-state index in [1.165, 1.54) is 0 Å². The lowest BCUT2D eigenvalue weighted by Gasteiger charge is -2.07. The second-order valence-electron chi connectivity index (χ2n) is 2.66. The van der Waals surface area contributed by atoms with Gasteiger partial charge in [0.15, 0.2) is 5.69 Å². The highest BCUT2D eigenvalue weighted by Gasteiger charge is 2.22. The van der Waals surface area contributed by atoms with Crippen molar-refractivity contribution in [1.82, 2.24) is 4.98 Å². The van der Waals surface area contributed by atoms with Crippen LogP contribution in [0, 0.1) is 11.3 Å². The summed E-state index contributed by atoms with van der Waals surface area (Å²) in [6.45, 7) is 0. The van der Waals surface area contributed by atoms with Crippen molar-refractivity contribution in [3.05, 3.63) is 28.0 Å². The van der Waals surface area contributed by atoms with E-state index in [0.717, 1.165) is 13.2 Å². The molecule has 7 heteroatoms. The zero-order chi connectivity index (χ0) is 12.3. The molecular formula is C9H5ClF2N2O2. The molecule has 0 atom stereocenters. The summed E-state index contributed by atoms with van der Waals surface area (Å²) in [6, 6.07) is 2.39. The third-order valence-corrected chi connectivity index (χ3v) is 2.11. The highest BCUT2D eigenvalue weighted by molar-refractivity contribution is 6.34. The molecule has 1 heterocycles. The summed E-state index contributed by atoms with van der Waals surface area (Å²) in [7, 11) is 1.06. The molecule has 1 rings (SSSR count). The number of hydrogen-bond donors (Lipinski definition) is 0. The number of methoxy groups -OCH3 is 1. The SMILES string of the molecule is COC(=O)c1nc(C#N)cc(C(F)F)c1Cl. The smallest absolute Gasteiger partial charge is 0.358 e. The number of halogens is 3. The number of alkyl halides is 2. The summed E-state index contributed by atoms with van der Waals surface area (Å²) in [5, 5.41) is 8.06. The van der Waals surface area contributed by atoms with Crippen LogP contribution in [0.1, 0.15) is 28.2 Å². The van der Waals surface area contributed by atoms with Gasteiger partial charge in [-0.1, -0.05) is 11.6 Å². The number of aromatic nitrogens is 1. The van der Waals surface area contributed by atoms with Crippen LogP contribution in [0.2, 0.25) is 5.02 Å². The minimum Gasteiger partial charge on any atom is -0.464 e. The first kappa shape index (κ1) is 12.3. The highest BCUT2D eigenvalue weighted by Crippen LogP contribution is 2.29. The first-order valence-corrected chi connectivity index (χ1v) is 4.36. The Balaban J connectivity index is 3.44. The maximum Gasteiger partial charge on any atom is 0.358 e. The Morgan fingerprint density at radius 1 is 1.69 bits per heavy atom. The van der Waals surface area contributed by atoms with Crippen molar-refractivity contribution < 1.29 is 18.3 Å². The van der Waals surface area contributed by atoms with Crippen molar-refractivity contribution >= 4 is 17.6 Å². The van der Waals surface area contributed by atoms with Gasteiger partial charge in [-0.25, -0.2) is 18.6 Å². The van der Waals surface area contributed by atoms with Gasteiger partial charge >= 0.3 is 5.97 Å². The van der Waals surface area contributed by atoms with Crippen LogP contribution in [0.3, 0.4) is 0 Å². The Hall–Kier alpha value is -1.74. The lowest BCUT2D eigenvalue weighted by molar-refractivity contribution is 0.0593. The predicted octanol–water partition coefficient (Wildman–Crippen LogP) is 2.33. The van der Waals surface area contributed by atoms with E-state index in [0.29, 0.717) is 0 Å². The zero-order valence-corrected chi connectivity index (χ0v) is 8.76. The van der Waals surface area contributed by atoms with E-state index < -0.39 is 28.7 Å². The second kappa shape index (κ2) is 4.86. The van der Waals surface area contributed by atoms with Crippen molar-refractivity contribution in [2.24, 2.45) is 0 Å². The number of pyridine rings is 1. The first-order chi connectivity index (χ1) is 7.51. The highest BCUT2D eigenvalue weighted by atomic mass is 35.5. The number of ether oxygens (including phenoxy) is 1. The van der Waals surface area contributed by atoms with Crippen LogP contribution in [0.15, 0.2) is 6.07 Å². The molecule has 4 nitrogen and oxygen atoms in total. The van der Waals surface area contributed by atoms with Crippen LogP contribution < -0.4 is 0 Å². The zero-order valence-electron chi connectivity index (χ0n) is 8.00. The van der Waals surface area contributed by atoms with Crippen LogP contribution in [-0.4, -0.2) is 18.1 Å². The van der Waals surface area contributed by atoms with Gasteiger partial charge in [-0.3, -0.25) is 0 Å². The summed E-state index contributed by atoms with van der Waals surface area (Å²) >= 11 is 5.55. The molecule has 0 saturated heterocycles. The molecule has 0 unspecified atom stereocenters. The fourth-order valence-corrected chi connectivity index (χ4v) is 1.25.